The molecule has 2 aliphatic heterocycles. The molecule has 0 radical (unpaired) electrons. The van der Waals surface area contributed by atoms with Crippen LogP contribution in [-0.4, -0.2) is 57.2 Å². The van der Waals surface area contributed by atoms with Crippen LogP contribution in [0.2, 0.25) is 0 Å². The fourth-order valence-electron chi connectivity index (χ4n) is 3.35. The smallest absolute Gasteiger partial charge is 0.316 e. The van der Waals surface area contributed by atoms with Gasteiger partial charge < -0.3 is 14.4 Å². The molecule has 1 spiro atoms. The van der Waals surface area contributed by atoms with Crippen LogP contribution in [0, 0.1) is 0 Å². The van der Waals surface area contributed by atoms with Gasteiger partial charge in [0.15, 0.2) is 0 Å². The molecular weight excluding hydrogens is 308 g/mol. The fraction of sp³-hybridized carbons (Fsp3) is 0.412. The molecule has 2 aliphatic rings. The largest absolute Gasteiger partial charge is 0.458 e. The van der Waals surface area contributed by atoms with Crippen LogP contribution in [0.15, 0.2) is 43.0 Å². The number of amides is 1. The summed E-state index contributed by atoms with van der Waals surface area (Å²) in [5.74, 6) is 0.0219. The summed E-state index contributed by atoms with van der Waals surface area (Å²) >= 11 is 0. The van der Waals surface area contributed by atoms with Gasteiger partial charge in [-0.1, -0.05) is 0 Å². The zero-order valence-corrected chi connectivity index (χ0v) is 13.2. The molecule has 1 amide bonds. The Kier molecular flexibility index (Phi) is 3.86. The number of carbonyl (C=O) groups is 1. The molecule has 2 aromatic rings. The van der Waals surface area contributed by atoms with Crippen molar-refractivity contribution in [2.45, 2.75) is 24.5 Å². The molecule has 4 heterocycles. The van der Waals surface area contributed by atoms with E-state index in [0.717, 1.165) is 12.8 Å². The second-order valence-corrected chi connectivity index (χ2v) is 6.18. The minimum absolute atomic E-state index is 0.0219. The summed E-state index contributed by atoms with van der Waals surface area (Å²) in [4.78, 5) is 26.5. The highest BCUT2D eigenvalue weighted by atomic mass is 16.6. The molecular formula is C17H18N4O3. The normalized spacial score (nSPS) is 26.0. The second kappa shape index (κ2) is 6.16. The lowest BCUT2D eigenvalue weighted by molar-refractivity contribution is 0.00973. The van der Waals surface area contributed by atoms with Gasteiger partial charge in [0.2, 0.25) is 0 Å². The van der Waals surface area contributed by atoms with E-state index in [-0.39, 0.29) is 17.6 Å². The molecule has 2 fully saturated rings. The first-order valence-corrected chi connectivity index (χ1v) is 8.01. The van der Waals surface area contributed by atoms with Crippen LogP contribution >= 0.6 is 0 Å². The van der Waals surface area contributed by atoms with Crippen LogP contribution in [0.1, 0.15) is 23.2 Å². The minimum Gasteiger partial charge on any atom is -0.458 e. The molecule has 2 saturated heterocycles. The number of aromatic nitrogens is 3. The SMILES string of the molecule is O=C(c1ccncc1)N1CCC2(CC(Oc3ncccn3)CO2)C1. The van der Waals surface area contributed by atoms with E-state index in [4.69, 9.17) is 9.47 Å². The average molecular weight is 326 g/mol. The van der Waals surface area contributed by atoms with Crippen molar-refractivity contribution in [3.8, 4) is 6.01 Å². The molecule has 24 heavy (non-hydrogen) atoms. The maximum absolute atomic E-state index is 12.6. The number of hydrogen-bond acceptors (Lipinski definition) is 6. The molecule has 2 aromatic heterocycles. The van der Waals surface area contributed by atoms with Gasteiger partial charge in [0.05, 0.1) is 18.8 Å². The second-order valence-electron chi connectivity index (χ2n) is 6.18. The highest BCUT2D eigenvalue weighted by molar-refractivity contribution is 5.94. The Hall–Kier alpha value is -2.54. The zero-order valence-electron chi connectivity index (χ0n) is 13.2. The number of nitrogens with zero attached hydrogens (tertiary/aromatic N) is 4. The molecule has 7 nitrogen and oxygen atoms in total. The molecule has 0 aliphatic carbocycles. The molecule has 124 valence electrons. The highest BCUT2D eigenvalue weighted by Crippen LogP contribution is 2.36. The number of likely N-dealkylation sites (tertiary alicyclic amines) is 1. The Morgan fingerprint density at radius 1 is 1.25 bits per heavy atom. The molecule has 7 heteroatoms. The summed E-state index contributed by atoms with van der Waals surface area (Å²) in [6.07, 6.45) is 8.05. The number of rotatable bonds is 3. The summed E-state index contributed by atoms with van der Waals surface area (Å²) < 4.78 is 11.8. The molecule has 0 saturated carbocycles. The van der Waals surface area contributed by atoms with E-state index >= 15 is 0 Å². The van der Waals surface area contributed by atoms with Crippen molar-refractivity contribution in [3.05, 3.63) is 48.5 Å². The summed E-state index contributed by atoms with van der Waals surface area (Å²) in [7, 11) is 0. The topological polar surface area (TPSA) is 77.4 Å². The van der Waals surface area contributed by atoms with Gasteiger partial charge in [0.25, 0.3) is 5.91 Å². The van der Waals surface area contributed by atoms with Crippen LogP contribution in [0.5, 0.6) is 6.01 Å². The summed E-state index contributed by atoms with van der Waals surface area (Å²) in [6, 6.07) is 5.59. The van der Waals surface area contributed by atoms with E-state index in [1.807, 2.05) is 4.90 Å². The van der Waals surface area contributed by atoms with Gasteiger partial charge in [0.1, 0.15) is 6.10 Å². The Bertz CT molecular complexity index is 712. The molecule has 4 rings (SSSR count). The Labute approximate surface area is 139 Å². The highest BCUT2D eigenvalue weighted by Gasteiger charge is 2.47. The van der Waals surface area contributed by atoms with Gasteiger partial charge in [0, 0.05) is 43.3 Å². The third-order valence-electron chi connectivity index (χ3n) is 4.52. The summed E-state index contributed by atoms with van der Waals surface area (Å²) in [5, 5.41) is 0. The van der Waals surface area contributed by atoms with Gasteiger partial charge in [-0.2, -0.15) is 0 Å². The monoisotopic (exact) mass is 326 g/mol. The van der Waals surface area contributed by atoms with Crippen molar-refractivity contribution < 1.29 is 14.3 Å². The zero-order chi connectivity index (χ0) is 16.4. The first-order chi connectivity index (χ1) is 11.7. The first kappa shape index (κ1) is 15.0. The van der Waals surface area contributed by atoms with Crippen molar-refractivity contribution >= 4 is 5.91 Å². The van der Waals surface area contributed by atoms with E-state index in [0.29, 0.717) is 31.3 Å². The molecule has 0 aromatic carbocycles. The maximum Gasteiger partial charge on any atom is 0.316 e. The lowest BCUT2D eigenvalue weighted by Crippen LogP contribution is -2.36. The van der Waals surface area contributed by atoms with Crippen LogP contribution in [0.25, 0.3) is 0 Å². The predicted octanol–water partition coefficient (Wildman–Crippen LogP) is 1.32. The molecule has 2 unspecified atom stereocenters. The van der Waals surface area contributed by atoms with Crippen molar-refractivity contribution in [3.63, 3.8) is 0 Å². The van der Waals surface area contributed by atoms with Crippen molar-refractivity contribution in [2.75, 3.05) is 19.7 Å². The van der Waals surface area contributed by atoms with Gasteiger partial charge in [-0.15, -0.1) is 0 Å². The van der Waals surface area contributed by atoms with Crippen LogP contribution in [0.3, 0.4) is 0 Å². The molecule has 0 bridgehead atoms. The van der Waals surface area contributed by atoms with Gasteiger partial charge >= 0.3 is 6.01 Å². The summed E-state index contributed by atoms with van der Waals surface area (Å²) in [5.41, 5.74) is 0.341. The number of hydrogen-bond donors (Lipinski definition) is 0. The Morgan fingerprint density at radius 3 is 2.83 bits per heavy atom. The fourth-order valence-corrected chi connectivity index (χ4v) is 3.35. The Balaban J connectivity index is 1.39. The van der Waals surface area contributed by atoms with E-state index in [1.165, 1.54) is 0 Å². The van der Waals surface area contributed by atoms with Crippen molar-refractivity contribution in [1.82, 2.24) is 19.9 Å². The third kappa shape index (κ3) is 2.94. The Morgan fingerprint density at radius 2 is 2.04 bits per heavy atom. The summed E-state index contributed by atoms with van der Waals surface area (Å²) in [6.45, 7) is 1.77. The molecule has 2 atom stereocenters. The average Bonchev–Trinajstić information content (AvgIpc) is 3.23. The van der Waals surface area contributed by atoms with Gasteiger partial charge in [-0.25, -0.2) is 9.97 Å². The van der Waals surface area contributed by atoms with Gasteiger partial charge in [-0.3, -0.25) is 9.78 Å². The minimum atomic E-state index is -0.317. The predicted molar refractivity (Wildman–Crippen MR) is 84.5 cm³/mol. The van der Waals surface area contributed by atoms with Crippen LogP contribution < -0.4 is 4.74 Å². The number of carbonyl (C=O) groups excluding carboxylic acids is 1. The van der Waals surface area contributed by atoms with E-state index < -0.39 is 0 Å². The standard InChI is InChI=1S/C17H18N4O3/c22-15(13-2-7-18-8-3-13)21-9-4-17(12-21)10-14(11-23-17)24-16-19-5-1-6-20-16/h1-3,5-8,14H,4,9-12H2. The van der Waals surface area contributed by atoms with Crippen molar-refractivity contribution in [2.24, 2.45) is 0 Å². The van der Waals surface area contributed by atoms with Gasteiger partial charge in [-0.05, 0) is 24.6 Å². The van der Waals surface area contributed by atoms with Crippen LogP contribution in [-0.2, 0) is 4.74 Å². The van der Waals surface area contributed by atoms with E-state index in [9.17, 15) is 4.79 Å². The van der Waals surface area contributed by atoms with Crippen LogP contribution in [0.4, 0.5) is 0 Å². The first-order valence-electron chi connectivity index (χ1n) is 8.01. The lowest BCUT2D eigenvalue weighted by Gasteiger charge is -2.23. The van der Waals surface area contributed by atoms with E-state index in [1.54, 1.807) is 43.0 Å². The number of pyridine rings is 1. The maximum atomic E-state index is 12.6. The third-order valence-corrected chi connectivity index (χ3v) is 4.52. The quantitative estimate of drug-likeness (QED) is 0.847. The van der Waals surface area contributed by atoms with Crippen molar-refractivity contribution in [1.29, 1.82) is 0 Å². The number of ether oxygens (including phenoxy) is 2. The lowest BCUT2D eigenvalue weighted by atomic mass is 9.98. The molecule has 0 N–H and O–H groups in total. The van der Waals surface area contributed by atoms with E-state index in [2.05, 4.69) is 15.0 Å².